The third-order valence-electron chi connectivity index (χ3n) is 1.33. The Morgan fingerprint density at radius 2 is 2.22 bits per heavy atom. The molecule has 0 heterocycles. The standard InChI is InChI=1S/C6H14BrOP/c1-6(2-4-7)3-5-8-9/h6H,2-5,9H2,1H3. The largest absolute Gasteiger partial charge is 0.366 e. The smallest absolute Gasteiger partial charge is 0.0504 e. The van der Waals surface area contributed by atoms with Crippen molar-refractivity contribution in [2.75, 3.05) is 11.9 Å². The molecule has 3 heteroatoms. The molecule has 1 nitrogen and oxygen atoms in total. The summed E-state index contributed by atoms with van der Waals surface area (Å²) in [5, 5.41) is 1.10. The van der Waals surface area contributed by atoms with Gasteiger partial charge in [-0.2, -0.15) is 0 Å². The van der Waals surface area contributed by atoms with E-state index < -0.39 is 0 Å². The van der Waals surface area contributed by atoms with Crippen molar-refractivity contribution < 1.29 is 4.52 Å². The second kappa shape index (κ2) is 6.98. The molecule has 0 aromatic carbocycles. The van der Waals surface area contributed by atoms with Crippen molar-refractivity contribution >= 4 is 25.4 Å². The monoisotopic (exact) mass is 212 g/mol. The highest BCUT2D eigenvalue weighted by Gasteiger charge is 1.98. The molecule has 0 fully saturated rings. The van der Waals surface area contributed by atoms with Gasteiger partial charge in [-0.3, -0.25) is 0 Å². The van der Waals surface area contributed by atoms with Crippen LogP contribution in [-0.2, 0) is 4.52 Å². The van der Waals surface area contributed by atoms with E-state index in [4.69, 9.17) is 4.52 Å². The Kier molecular flexibility index (Phi) is 7.66. The predicted octanol–water partition coefficient (Wildman–Crippen LogP) is 2.60. The highest BCUT2D eigenvalue weighted by Crippen LogP contribution is 2.09. The maximum absolute atomic E-state index is 4.86. The molecule has 2 unspecified atom stereocenters. The van der Waals surface area contributed by atoms with E-state index in [1.165, 1.54) is 6.42 Å². The molecule has 0 aliphatic carbocycles. The molecular weight excluding hydrogens is 199 g/mol. The van der Waals surface area contributed by atoms with Crippen LogP contribution in [0, 0.1) is 5.92 Å². The molecule has 0 rings (SSSR count). The molecule has 0 saturated heterocycles. The topological polar surface area (TPSA) is 9.23 Å². The van der Waals surface area contributed by atoms with E-state index in [0.717, 1.165) is 24.3 Å². The second-order valence-corrected chi connectivity index (χ2v) is 3.37. The maximum atomic E-state index is 4.86. The molecule has 0 aliphatic heterocycles. The van der Waals surface area contributed by atoms with Gasteiger partial charge in [0.25, 0.3) is 0 Å². The van der Waals surface area contributed by atoms with Gasteiger partial charge in [-0.1, -0.05) is 22.9 Å². The summed E-state index contributed by atoms with van der Waals surface area (Å²) in [4.78, 5) is 0. The zero-order valence-corrected chi connectivity index (χ0v) is 8.51. The Morgan fingerprint density at radius 3 is 2.67 bits per heavy atom. The van der Waals surface area contributed by atoms with E-state index in [9.17, 15) is 0 Å². The van der Waals surface area contributed by atoms with Gasteiger partial charge in [-0.25, -0.2) is 0 Å². The summed E-state index contributed by atoms with van der Waals surface area (Å²) in [5.41, 5.74) is 0. The van der Waals surface area contributed by atoms with Crippen molar-refractivity contribution in [1.82, 2.24) is 0 Å². The van der Waals surface area contributed by atoms with E-state index in [-0.39, 0.29) is 0 Å². The molecule has 0 aromatic rings. The summed E-state index contributed by atoms with van der Waals surface area (Å²) >= 11 is 3.40. The van der Waals surface area contributed by atoms with Crippen LogP contribution in [-0.4, -0.2) is 11.9 Å². The number of rotatable bonds is 5. The molecular formula is C6H14BrOP. The minimum atomic E-state index is 0.782. The van der Waals surface area contributed by atoms with Gasteiger partial charge in [0.15, 0.2) is 0 Å². The lowest BCUT2D eigenvalue weighted by molar-refractivity contribution is 0.323. The SMILES string of the molecule is CC(CCBr)CCOP. The number of halogens is 1. The van der Waals surface area contributed by atoms with Gasteiger partial charge in [0.2, 0.25) is 0 Å². The first-order chi connectivity index (χ1) is 4.31. The molecule has 56 valence electrons. The van der Waals surface area contributed by atoms with Gasteiger partial charge in [0, 0.05) is 14.8 Å². The summed E-state index contributed by atoms with van der Waals surface area (Å²) in [5.74, 6) is 0.782. The molecule has 0 radical (unpaired) electrons. The molecule has 2 atom stereocenters. The third-order valence-corrected chi connectivity index (χ3v) is 2.02. The van der Waals surface area contributed by atoms with Crippen LogP contribution in [0.4, 0.5) is 0 Å². The van der Waals surface area contributed by atoms with Gasteiger partial charge in [0.1, 0.15) is 0 Å². The van der Waals surface area contributed by atoms with Crippen LogP contribution in [0.1, 0.15) is 19.8 Å². The average molecular weight is 213 g/mol. The Bertz CT molecular complexity index is 61.0. The van der Waals surface area contributed by atoms with Crippen LogP contribution >= 0.6 is 25.4 Å². The van der Waals surface area contributed by atoms with Gasteiger partial charge in [-0.15, -0.1) is 0 Å². The fraction of sp³-hybridized carbons (Fsp3) is 1.00. The summed E-state index contributed by atoms with van der Waals surface area (Å²) in [6.07, 6.45) is 2.41. The Hall–Kier alpha value is 0.870. The van der Waals surface area contributed by atoms with Crippen LogP contribution in [0.3, 0.4) is 0 Å². The number of alkyl halides is 1. The van der Waals surface area contributed by atoms with Crippen LogP contribution in [0.5, 0.6) is 0 Å². The minimum absolute atomic E-state index is 0.782. The number of hydrogen-bond acceptors (Lipinski definition) is 1. The van der Waals surface area contributed by atoms with Crippen molar-refractivity contribution in [3.05, 3.63) is 0 Å². The molecule has 0 amide bonds. The first-order valence-corrected chi connectivity index (χ1v) is 4.78. The zero-order chi connectivity index (χ0) is 7.11. The summed E-state index contributed by atoms with van der Waals surface area (Å²) in [6.45, 7) is 3.10. The average Bonchev–Trinajstić information content (AvgIpc) is 1.85. The van der Waals surface area contributed by atoms with Crippen molar-refractivity contribution in [3.8, 4) is 0 Å². The lowest BCUT2D eigenvalue weighted by atomic mass is 10.1. The zero-order valence-electron chi connectivity index (χ0n) is 5.77. The predicted molar refractivity (Wildman–Crippen MR) is 47.9 cm³/mol. The fourth-order valence-corrected chi connectivity index (χ4v) is 1.52. The summed E-state index contributed by atoms with van der Waals surface area (Å²) in [6, 6.07) is 0. The van der Waals surface area contributed by atoms with Crippen LogP contribution in [0.2, 0.25) is 0 Å². The first kappa shape index (κ1) is 9.87. The third kappa shape index (κ3) is 6.76. The maximum Gasteiger partial charge on any atom is 0.0504 e. The Balaban J connectivity index is 2.95. The van der Waals surface area contributed by atoms with Crippen LogP contribution in [0.25, 0.3) is 0 Å². The highest BCUT2D eigenvalue weighted by atomic mass is 79.9. The quantitative estimate of drug-likeness (QED) is 0.503. The molecule has 0 aliphatic rings. The van der Waals surface area contributed by atoms with Gasteiger partial charge in [-0.05, 0) is 18.8 Å². The Morgan fingerprint density at radius 1 is 1.56 bits per heavy atom. The summed E-state index contributed by atoms with van der Waals surface area (Å²) < 4.78 is 4.86. The van der Waals surface area contributed by atoms with Crippen molar-refractivity contribution in [2.45, 2.75) is 19.8 Å². The fourth-order valence-electron chi connectivity index (χ4n) is 0.600. The summed E-state index contributed by atoms with van der Waals surface area (Å²) in [7, 11) is 2.27. The van der Waals surface area contributed by atoms with E-state index in [1.807, 2.05) is 0 Å². The molecule has 0 bridgehead atoms. The Labute approximate surface area is 68.0 Å². The van der Waals surface area contributed by atoms with Crippen molar-refractivity contribution in [2.24, 2.45) is 5.92 Å². The van der Waals surface area contributed by atoms with E-state index in [0.29, 0.717) is 0 Å². The van der Waals surface area contributed by atoms with Gasteiger partial charge in [0.05, 0.1) is 6.61 Å². The lowest BCUT2D eigenvalue weighted by Gasteiger charge is -2.06. The first-order valence-electron chi connectivity index (χ1n) is 3.19. The molecule has 0 saturated carbocycles. The van der Waals surface area contributed by atoms with Gasteiger partial charge >= 0.3 is 0 Å². The lowest BCUT2D eigenvalue weighted by Crippen LogP contribution is -1.98. The van der Waals surface area contributed by atoms with Crippen molar-refractivity contribution in [3.63, 3.8) is 0 Å². The molecule has 0 spiro atoms. The minimum Gasteiger partial charge on any atom is -0.366 e. The van der Waals surface area contributed by atoms with Gasteiger partial charge < -0.3 is 4.52 Å². The second-order valence-electron chi connectivity index (χ2n) is 2.24. The van der Waals surface area contributed by atoms with E-state index in [1.54, 1.807) is 0 Å². The van der Waals surface area contributed by atoms with Crippen molar-refractivity contribution in [1.29, 1.82) is 0 Å². The van der Waals surface area contributed by atoms with Crippen LogP contribution < -0.4 is 0 Å². The molecule has 0 aromatic heterocycles. The highest BCUT2D eigenvalue weighted by molar-refractivity contribution is 9.09. The molecule has 0 N–H and O–H groups in total. The molecule has 9 heavy (non-hydrogen) atoms. The van der Waals surface area contributed by atoms with E-state index >= 15 is 0 Å². The normalized spacial score (nSPS) is 13.7. The van der Waals surface area contributed by atoms with E-state index in [2.05, 4.69) is 32.3 Å². The number of hydrogen-bond donors (Lipinski definition) is 0. The van der Waals surface area contributed by atoms with Crippen LogP contribution in [0.15, 0.2) is 0 Å².